The predicted octanol–water partition coefficient (Wildman–Crippen LogP) is 4.82. The van der Waals surface area contributed by atoms with Crippen molar-refractivity contribution in [1.29, 1.82) is 0 Å². The summed E-state index contributed by atoms with van der Waals surface area (Å²) in [5.74, 6) is 1.11. The van der Waals surface area contributed by atoms with Crippen LogP contribution in [-0.4, -0.2) is 57.0 Å². The van der Waals surface area contributed by atoms with Crippen molar-refractivity contribution < 1.29 is 4.74 Å². The Hall–Kier alpha value is -2.89. The zero-order chi connectivity index (χ0) is 22.6. The van der Waals surface area contributed by atoms with Gasteiger partial charge in [0.25, 0.3) is 0 Å². The van der Waals surface area contributed by atoms with Crippen LogP contribution in [0.25, 0.3) is 22.4 Å². The Bertz CT molecular complexity index is 1140. The number of nitrogens with zero attached hydrogens (tertiary/aromatic N) is 3. The maximum absolute atomic E-state index is 5.52. The first kappa shape index (κ1) is 21.9. The number of rotatable bonds is 5. The minimum absolute atomic E-state index is 0.517. The quantitative estimate of drug-likeness (QED) is 0.614. The van der Waals surface area contributed by atoms with Gasteiger partial charge in [0.15, 0.2) is 0 Å². The third-order valence-electron chi connectivity index (χ3n) is 6.83. The lowest BCUT2D eigenvalue weighted by Crippen LogP contribution is -2.50. The van der Waals surface area contributed by atoms with Crippen molar-refractivity contribution >= 4 is 33.9 Å². The Balaban J connectivity index is 1.48. The lowest BCUT2D eigenvalue weighted by atomic mass is 10.0. The molecule has 2 fully saturated rings. The molecule has 0 saturated carbocycles. The van der Waals surface area contributed by atoms with E-state index in [9.17, 15) is 0 Å². The van der Waals surface area contributed by atoms with Gasteiger partial charge in [-0.1, -0.05) is 43.3 Å². The van der Waals surface area contributed by atoms with Crippen molar-refractivity contribution in [2.75, 3.05) is 55.7 Å². The largest absolute Gasteiger partial charge is 0.378 e. The number of fused-ring (bicyclic) bond motifs is 1. The summed E-state index contributed by atoms with van der Waals surface area (Å²) in [7, 11) is 0. The van der Waals surface area contributed by atoms with Gasteiger partial charge in [0.1, 0.15) is 5.82 Å². The number of ether oxygens (including phenoxy) is 1. The first-order chi connectivity index (χ1) is 16.2. The van der Waals surface area contributed by atoms with E-state index in [0.717, 1.165) is 63.9 Å². The van der Waals surface area contributed by atoms with Gasteiger partial charge in [-0.2, -0.15) is 0 Å². The highest BCUT2D eigenvalue weighted by Crippen LogP contribution is 2.29. The third kappa shape index (κ3) is 4.90. The molecule has 5 nitrogen and oxygen atoms in total. The summed E-state index contributed by atoms with van der Waals surface area (Å²) < 4.78 is 5.52. The molecule has 0 spiro atoms. The molecule has 172 valence electrons. The second-order valence-corrected chi connectivity index (χ2v) is 9.07. The number of pyridine rings is 1. The number of hydrogen-bond donors (Lipinski definition) is 1. The van der Waals surface area contributed by atoms with E-state index in [1.54, 1.807) is 0 Å². The van der Waals surface area contributed by atoms with Gasteiger partial charge in [-0.05, 0) is 54.1 Å². The van der Waals surface area contributed by atoms with Crippen molar-refractivity contribution in [2.45, 2.75) is 26.3 Å². The third-order valence-corrected chi connectivity index (χ3v) is 6.83. The second-order valence-electron chi connectivity index (χ2n) is 9.07. The summed E-state index contributed by atoms with van der Waals surface area (Å²) in [6, 6.07) is 20.2. The summed E-state index contributed by atoms with van der Waals surface area (Å²) in [5, 5.41) is 6.10. The van der Waals surface area contributed by atoms with Crippen LogP contribution in [0.4, 0.5) is 11.5 Å². The van der Waals surface area contributed by atoms with Crippen molar-refractivity contribution in [3.63, 3.8) is 0 Å². The molecule has 2 aromatic carbocycles. The Morgan fingerprint density at radius 2 is 1.91 bits per heavy atom. The zero-order valence-corrected chi connectivity index (χ0v) is 19.8. The van der Waals surface area contributed by atoms with Gasteiger partial charge in [-0.25, -0.2) is 4.98 Å². The van der Waals surface area contributed by atoms with Gasteiger partial charge in [0.2, 0.25) is 0 Å². The van der Waals surface area contributed by atoms with E-state index in [4.69, 9.17) is 9.72 Å². The van der Waals surface area contributed by atoms with E-state index in [1.807, 2.05) is 0 Å². The molecule has 1 N–H and O–H groups in total. The number of nitrogens with one attached hydrogen (secondary N) is 1. The molecule has 1 aromatic heterocycles. The Kier molecular flexibility index (Phi) is 6.60. The maximum Gasteiger partial charge on any atom is 0.137 e. The summed E-state index contributed by atoms with van der Waals surface area (Å²) in [4.78, 5) is 10.0. The average molecular weight is 443 g/mol. The lowest BCUT2D eigenvalue weighted by Gasteiger charge is -2.34. The normalized spacial score (nSPS) is 19.8. The van der Waals surface area contributed by atoms with E-state index in [1.165, 1.54) is 27.6 Å². The maximum atomic E-state index is 5.52. The molecule has 1 unspecified atom stereocenters. The van der Waals surface area contributed by atoms with E-state index >= 15 is 0 Å². The molecule has 2 saturated heterocycles. The predicted molar refractivity (Wildman–Crippen MR) is 139 cm³/mol. The van der Waals surface area contributed by atoms with Crippen LogP contribution >= 0.6 is 0 Å². The highest BCUT2D eigenvalue weighted by atomic mass is 16.5. The summed E-state index contributed by atoms with van der Waals surface area (Å²) in [6.07, 6.45) is 3.36. The molecule has 2 aliphatic heterocycles. The number of allylic oxidation sites excluding steroid dienone is 1. The van der Waals surface area contributed by atoms with Crippen LogP contribution in [0.5, 0.6) is 0 Å². The Labute approximate surface area is 197 Å². The number of anilines is 2. The summed E-state index contributed by atoms with van der Waals surface area (Å²) in [6.45, 7) is 10.9. The van der Waals surface area contributed by atoms with Crippen LogP contribution in [0.1, 0.15) is 31.5 Å². The fourth-order valence-electron chi connectivity index (χ4n) is 4.88. The number of morpholine rings is 1. The van der Waals surface area contributed by atoms with Crippen molar-refractivity contribution in [3.8, 4) is 0 Å². The summed E-state index contributed by atoms with van der Waals surface area (Å²) >= 11 is 0. The van der Waals surface area contributed by atoms with Crippen LogP contribution in [0.3, 0.4) is 0 Å². The van der Waals surface area contributed by atoms with Crippen LogP contribution in [-0.2, 0) is 4.74 Å². The van der Waals surface area contributed by atoms with Gasteiger partial charge in [-0.3, -0.25) is 0 Å². The Morgan fingerprint density at radius 1 is 1.06 bits per heavy atom. The molecule has 5 rings (SSSR count). The highest BCUT2D eigenvalue weighted by molar-refractivity contribution is 5.94. The van der Waals surface area contributed by atoms with Gasteiger partial charge < -0.3 is 19.9 Å². The minimum Gasteiger partial charge on any atom is -0.378 e. The molecular weight excluding hydrogens is 408 g/mol. The molecule has 1 atom stereocenters. The van der Waals surface area contributed by atoms with Gasteiger partial charge >= 0.3 is 0 Å². The zero-order valence-electron chi connectivity index (χ0n) is 19.8. The fraction of sp³-hybridized carbons (Fsp3) is 0.393. The minimum atomic E-state index is 0.517. The van der Waals surface area contributed by atoms with Gasteiger partial charge in [-0.15, -0.1) is 0 Å². The molecule has 2 aliphatic rings. The Morgan fingerprint density at radius 3 is 2.76 bits per heavy atom. The highest BCUT2D eigenvalue weighted by Gasteiger charge is 2.21. The van der Waals surface area contributed by atoms with Gasteiger partial charge in [0, 0.05) is 49.8 Å². The SMILES string of the molecule is CCC1CN(c2nc(/C=C(\C)c3cccc(N4CCOCC4)c3)cc3ccccc23)CCN1. The average Bonchev–Trinajstić information content (AvgIpc) is 2.89. The molecule has 33 heavy (non-hydrogen) atoms. The first-order valence-corrected chi connectivity index (χ1v) is 12.2. The van der Waals surface area contributed by atoms with Crippen LogP contribution < -0.4 is 15.1 Å². The van der Waals surface area contributed by atoms with Crippen LogP contribution in [0.2, 0.25) is 0 Å². The van der Waals surface area contributed by atoms with Crippen LogP contribution in [0, 0.1) is 0 Å². The number of hydrogen-bond acceptors (Lipinski definition) is 5. The van der Waals surface area contributed by atoms with E-state index < -0.39 is 0 Å². The summed E-state index contributed by atoms with van der Waals surface area (Å²) in [5.41, 5.74) is 4.75. The fourth-order valence-corrected chi connectivity index (χ4v) is 4.88. The molecular formula is C28H34N4O. The second kappa shape index (κ2) is 9.94. The van der Waals surface area contributed by atoms with E-state index in [-0.39, 0.29) is 0 Å². The molecule has 0 bridgehead atoms. The first-order valence-electron chi connectivity index (χ1n) is 12.2. The molecule has 0 amide bonds. The van der Waals surface area contributed by atoms with Crippen LogP contribution in [0.15, 0.2) is 54.6 Å². The molecule has 3 aromatic rings. The standard InChI is InChI=1S/C28H34N4O/c1-3-24-20-32(12-11-29-24)28-27-10-5-4-7-23(27)18-25(30-28)17-21(2)22-8-6-9-26(19-22)31-13-15-33-16-14-31/h4-10,17-19,24,29H,3,11-16,20H2,1-2H3/b21-17+. The van der Waals surface area contributed by atoms with Crippen molar-refractivity contribution in [3.05, 3.63) is 65.9 Å². The van der Waals surface area contributed by atoms with E-state index in [2.05, 4.69) is 89.6 Å². The van der Waals surface area contributed by atoms with E-state index in [0.29, 0.717) is 6.04 Å². The molecule has 5 heteroatoms. The number of benzene rings is 2. The topological polar surface area (TPSA) is 40.6 Å². The lowest BCUT2D eigenvalue weighted by molar-refractivity contribution is 0.122. The van der Waals surface area contributed by atoms with Crippen molar-refractivity contribution in [2.24, 2.45) is 0 Å². The molecule has 0 aliphatic carbocycles. The smallest absolute Gasteiger partial charge is 0.137 e. The number of aromatic nitrogens is 1. The van der Waals surface area contributed by atoms with Gasteiger partial charge in [0.05, 0.1) is 18.9 Å². The molecule has 0 radical (unpaired) electrons. The molecule has 3 heterocycles. The monoisotopic (exact) mass is 442 g/mol. The van der Waals surface area contributed by atoms with Crippen molar-refractivity contribution in [1.82, 2.24) is 10.3 Å². The number of piperazine rings is 1.